The summed E-state index contributed by atoms with van der Waals surface area (Å²) in [6, 6.07) is 8.90. The van der Waals surface area contributed by atoms with Crippen LogP contribution in [0.1, 0.15) is 45.6 Å². The molecular formula is C17H28N2. The van der Waals surface area contributed by atoms with E-state index in [-0.39, 0.29) is 0 Å². The maximum absolute atomic E-state index is 3.55. The van der Waals surface area contributed by atoms with Gasteiger partial charge in [-0.2, -0.15) is 0 Å². The molecule has 0 spiro atoms. The van der Waals surface area contributed by atoms with E-state index < -0.39 is 0 Å². The van der Waals surface area contributed by atoms with E-state index in [0.717, 1.165) is 13.1 Å². The molecule has 2 rings (SSSR count). The first-order valence-corrected chi connectivity index (χ1v) is 7.58. The van der Waals surface area contributed by atoms with Crippen molar-refractivity contribution in [3.63, 3.8) is 0 Å². The summed E-state index contributed by atoms with van der Waals surface area (Å²) in [5, 5.41) is 3.55. The molecular weight excluding hydrogens is 232 g/mol. The van der Waals surface area contributed by atoms with Crippen LogP contribution in [0.2, 0.25) is 0 Å². The molecule has 0 amide bonds. The molecule has 1 aliphatic heterocycles. The Balaban J connectivity index is 1.84. The van der Waals surface area contributed by atoms with E-state index in [9.17, 15) is 0 Å². The third-order valence-corrected chi connectivity index (χ3v) is 3.74. The summed E-state index contributed by atoms with van der Waals surface area (Å²) in [5.41, 5.74) is 3.10. The van der Waals surface area contributed by atoms with Crippen LogP contribution in [0, 0.1) is 5.41 Å². The van der Waals surface area contributed by atoms with Crippen LogP contribution in [0.3, 0.4) is 0 Å². The number of benzene rings is 1. The minimum atomic E-state index is 0.403. The van der Waals surface area contributed by atoms with Gasteiger partial charge in [0.1, 0.15) is 0 Å². The van der Waals surface area contributed by atoms with Gasteiger partial charge in [0, 0.05) is 18.8 Å². The quantitative estimate of drug-likeness (QED) is 0.856. The second-order valence-corrected chi connectivity index (χ2v) is 6.92. The number of rotatable bonds is 5. The molecule has 0 aliphatic carbocycles. The van der Waals surface area contributed by atoms with Gasteiger partial charge in [0.05, 0.1) is 0 Å². The molecule has 0 bridgehead atoms. The summed E-state index contributed by atoms with van der Waals surface area (Å²) in [7, 11) is 0. The van der Waals surface area contributed by atoms with Crippen molar-refractivity contribution in [3.8, 4) is 0 Å². The molecule has 1 aromatic rings. The normalized spacial score (nSPS) is 16.8. The lowest BCUT2D eigenvalue weighted by atomic mass is 9.92. The minimum absolute atomic E-state index is 0.403. The van der Waals surface area contributed by atoms with Gasteiger partial charge in [-0.25, -0.2) is 0 Å². The summed E-state index contributed by atoms with van der Waals surface area (Å²) in [4.78, 5) is 2.55. The van der Waals surface area contributed by atoms with E-state index in [1.807, 2.05) is 0 Å². The first kappa shape index (κ1) is 14.4. The standard InChI is InChI=1S/C17H28N2/c1-17(2,3)9-10-18-16-8-6-7-15(13-16)14-19-11-4-5-12-19/h6-8,13,18H,4-5,9-12,14H2,1-3H3. The highest BCUT2D eigenvalue weighted by atomic mass is 15.1. The summed E-state index contributed by atoms with van der Waals surface area (Å²) >= 11 is 0. The van der Waals surface area contributed by atoms with Crippen molar-refractivity contribution in [2.45, 2.75) is 46.6 Å². The van der Waals surface area contributed by atoms with Gasteiger partial charge in [-0.15, -0.1) is 0 Å². The zero-order valence-electron chi connectivity index (χ0n) is 12.7. The van der Waals surface area contributed by atoms with E-state index in [1.165, 1.54) is 43.6 Å². The van der Waals surface area contributed by atoms with Crippen molar-refractivity contribution < 1.29 is 0 Å². The highest BCUT2D eigenvalue weighted by Crippen LogP contribution is 2.20. The lowest BCUT2D eigenvalue weighted by molar-refractivity contribution is 0.331. The Kier molecular flexibility index (Phi) is 4.87. The van der Waals surface area contributed by atoms with Crippen LogP contribution in [0.5, 0.6) is 0 Å². The van der Waals surface area contributed by atoms with Gasteiger partial charge in [-0.3, -0.25) is 4.90 Å². The zero-order valence-corrected chi connectivity index (χ0v) is 12.7. The van der Waals surface area contributed by atoms with Crippen molar-refractivity contribution >= 4 is 5.69 Å². The molecule has 0 aromatic heterocycles. The van der Waals surface area contributed by atoms with Gasteiger partial charge in [0.2, 0.25) is 0 Å². The molecule has 0 atom stereocenters. The first-order valence-electron chi connectivity index (χ1n) is 7.58. The fourth-order valence-electron chi connectivity index (χ4n) is 2.56. The molecule has 2 heteroatoms. The molecule has 0 saturated carbocycles. The summed E-state index contributed by atoms with van der Waals surface area (Å²) in [5.74, 6) is 0. The second-order valence-electron chi connectivity index (χ2n) is 6.92. The van der Waals surface area contributed by atoms with Gasteiger partial charge >= 0.3 is 0 Å². The lowest BCUT2D eigenvalue weighted by Crippen LogP contribution is -2.18. The predicted octanol–water partition coefficient (Wildman–Crippen LogP) is 4.13. The topological polar surface area (TPSA) is 15.3 Å². The van der Waals surface area contributed by atoms with E-state index in [0.29, 0.717) is 5.41 Å². The molecule has 106 valence electrons. The third-order valence-electron chi connectivity index (χ3n) is 3.74. The van der Waals surface area contributed by atoms with Crippen LogP contribution in [0.25, 0.3) is 0 Å². The fourth-order valence-corrected chi connectivity index (χ4v) is 2.56. The minimum Gasteiger partial charge on any atom is -0.385 e. The Bertz CT molecular complexity index is 386. The molecule has 1 heterocycles. The molecule has 0 radical (unpaired) electrons. The highest BCUT2D eigenvalue weighted by molar-refractivity contribution is 5.45. The van der Waals surface area contributed by atoms with Gasteiger partial charge < -0.3 is 5.32 Å². The van der Waals surface area contributed by atoms with Crippen LogP contribution in [0.4, 0.5) is 5.69 Å². The molecule has 1 aromatic carbocycles. The number of hydrogen-bond donors (Lipinski definition) is 1. The Hall–Kier alpha value is -1.02. The number of nitrogens with zero attached hydrogens (tertiary/aromatic N) is 1. The smallest absolute Gasteiger partial charge is 0.0343 e. The van der Waals surface area contributed by atoms with Crippen molar-refractivity contribution in [1.82, 2.24) is 4.90 Å². The monoisotopic (exact) mass is 260 g/mol. The number of nitrogens with one attached hydrogen (secondary N) is 1. The Morgan fingerprint density at radius 1 is 1.16 bits per heavy atom. The van der Waals surface area contributed by atoms with Crippen LogP contribution in [-0.4, -0.2) is 24.5 Å². The van der Waals surface area contributed by atoms with E-state index in [1.54, 1.807) is 0 Å². The molecule has 1 fully saturated rings. The number of likely N-dealkylation sites (tertiary alicyclic amines) is 1. The summed E-state index contributed by atoms with van der Waals surface area (Å²) in [6.07, 6.45) is 3.93. The van der Waals surface area contributed by atoms with E-state index >= 15 is 0 Å². The van der Waals surface area contributed by atoms with Crippen LogP contribution in [-0.2, 0) is 6.54 Å². The fraction of sp³-hybridized carbons (Fsp3) is 0.647. The number of anilines is 1. The summed E-state index contributed by atoms with van der Waals surface area (Å²) in [6.45, 7) is 11.6. The largest absolute Gasteiger partial charge is 0.385 e. The van der Waals surface area contributed by atoms with Gasteiger partial charge in [0.15, 0.2) is 0 Å². The van der Waals surface area contributed by atoms with Crippen molar-refractivity contribution in [1.29, 1.82) is 0 Å². The van der Waals surface area contributed by atoms with Gasteiger partial charge in [-0.05, 0) is 55.5 Å². The average Bonchev–Trinajstić information content (AvgIpc) is 2.80. The van der Waals surface area contributed by atoms with Gasteiger partial charge in [0.25, 0.3) is 0 Å². The van der Waals surface area contributed by atoms with Crippen LogP contribution < -0.4 is 5.32 Å². The summed E-state index contributed by atoms with van der Waals surface area (Å²) < 4.78 is 0. The Morgan fingerprint density at radius 2 is 1.89 bits per heavy atom. The van der Waals surface area contributed by atoms with E-state index in [4.69, 9.17) is 0 Å². The van der Waals surface area contributed by atoms with Crippen molar-refractivity contribution in [3.05, 3.63) is 29.8 Å². The maximum Gasteiger partial charge on any atom is 0.0343 e. The molecule has 0 unspecified atom stereocenters. The molecule has 1 aliphatic rings. The van der Waals surface area contributed by atoms with Crippen molar-refractivity contribution in [2.24, 2.45) is 5.41 Å². The zero-order chi connectivity index (χ0) is 13.7. The van der Waals surface area contributed by atoms with Crippen molar-refractivity contribution in [2.75, 3.05) is 25.0 Å². The highest BCUT2D eigenvalue weighted by Gasteiger charge is 2.12. The maximum atomic E-state index is 3.55. The van der Waals surface area contributed by atoms with Crippen LogP contribution >= 0.6 is 0 Å². The van der Waals surface area contributed by atoms with Gasteiger partial charge in [-0.1, -0.05) is 32.9 Å². The molecule has 1 N–H and O–H groups in total. The first-order chi connectivity index (χ1) is 9.03. The third kappa shape index (κ3) is 5.23. The molecule has 2 nitrogen and oxygen atoms in total. The Labute approximate surface area is 118 Å². The van der Waals surface area contributed by atoms with Crippen LogP contribution in [0.15, 0.2) is 24.3 Å². The van der Waals surface area contributed by atoms with E-state index in [2.05, 4.69) is 55.3 Å². The number of hydrogen-bond acceptors (Lipinski definition) is 2. The lowest BCUT2D eigenvalue weighted by Gasteiger charge is -2.19. The predicted molar refractivity (Wildman–Crippen MR) is 83.5 cm³/mol. The average molecular weight is 260 g/mol. The Morgan fingerprint density at radius 3 is 2.58 bits per heavy atom. The molecule has 1 saturated heterocycles. The SMILES string of the molecule is CC(C)(C)CCNc1cccc(CN2CCCC2)c1. The second kappa shape index (κ2) is 6.42. The molecule has 19 heavy (non-hydrogen) atoms.